The van der Waals surface area contributed by atoms with Crippen molar-refractivity contribution in [2.24, 2.45) is 7.05 Å². The summed E-state index contributed by atoms with van der Waals surface area (Å²) in [6.45, 7) is 0. The molecule has 0 fully saturated rings. The Kier molecular flexibility index (Phi) is 2.75. The molecule has 0 atom stereocenters. The number of nitrogens with one attached hydrogen (secondary N) is 1. The summed E-state index contributed by atoms with van der Waals surface area (Å²) in [7, 11) is 3.59. The van der Waals surface area contributed by atoms with Crippen LogP contribution in [0.25, 0.3) is 0 Å². The summed E-state index contributed by atoms with van der Waals surface area (Å²) in [5.74, 6) is 0.471. The van der Waals surface area contributed by atoms with Crippen molar-refractivity contribution in [3.05, 3.63) is 21.7 Å². The normalized spacial score (nSPS) is 15.6. The van der Waals surface area contributed by atoms with Crippen molar-refractivity contribution in [3.63, 3.8) is 0 Å². The topological polar surface area (TPSA) is 46.9 Å². The predicted molar refractivity (Wildman–Crippen MR) is 60.3 cm³/mol. The van der Waals surface area contributed by atoms with E-state index in [-0.39, 0.29) is 5.56 Å². The van der Waals surface area contributed by atoms with Crippen LogP contribution in [0, 0.1) is 0 Å². The Labute approximate surface area is 89.3 Å². The lowest BCUT2D eigenvalue weighted by Gasteiger charge is -2.12. The van der Waals surface area contributed by atoms with Gasteiger partial charge in [0.05, 0.1) is 5.69 Å². The molecule has 4 heteroatoms. The summed E-state index contributed by atoms with van der Waals surface area (Å²) in [5.41, 5.74) is 2.20. The van der Waals surface area contributed by atoms with Crippen LogP contribution >= 0.6 is 0 Å². The summed E-state index contributed by atoms with van der Waals surface area (Å²) in [5, 5.41) is 2.86. The highest BCUT2D eigenvalue weighted by Gasteiger charge is 2.15. The van der Waals surface area contributed by atoms with Crippen LogP contribution in [0.15, 0.2) is 4.79 Å². The van der Waals surface area contributed by atoms with Crippen molar-refractivity contribution in [3.8, 4) is 0 Å². The van der Waals surface area contributed by atoms with Crippen molar-refractivity contribution in [1.82, 2.24) is 9.55 Å². The van der Waals surface area contributed by atoms with Gasteiger partial charge in [-0.25, -0.2) is 4.98 Å². The van der Waals surface area contributed by atoms with Crippen molar-refractivity contribution in [2.75, 3.05) is 12.4 Å². The lowest BCUT2D eigenvalue weighted by atomic mass is 10.2. The van der Waals surface area contributed by atoms with Crippen LogP contribution in [0.2, 0.25) is 0 Å². The summed E-state index contributed by atoms with van der Waals surface area (Å²) in [6, 6.07) is 0. The van der Waals surface area contributed by atoms with E-state index in [4.69, 9.17) is 0 Å². The van der Waals surface area contributed by atoms with Crippen molar-refractivity contribution in [1.29, 1.82) is 0 Å². The van der Waals surface area contributed by atoms with Gasteiger partial charge in [0.15, 0.2) is 5.82 Å². The number of fused-ring (bicyclic) bond motifs is 1. The van der Waals surface area contributed by atoms with Gasteiger partial charge in [-0.3, -0.25) is 4.79 Å². The zero-order valence-electron chi connectivity index (χ0n) is 9.34. The zero-order chi connectivity index (χ0) is 10.8. The molecule has 0 saturated heterocycles. The quantitative estimate of drug-likeness (QED) is 0.701. The molecule has 2 rings (SSSR count). The van der Waals surface area contributed by atoms with Gasteiger partial charge >= 0.3 is 0 Å². The molecule has 0 amide bonds. The molecule has 1 aromatic rings. The third kappa shape index (κ3) is 1.76. The van der Waals surface area contributed by atoms with Crippen molar-refractivity contribution >= 4 is 5.82 Å². The standard InChI is InChI=1S/C11H17N3O/c1-12-10-11(15)14(2)9-7-5-3-4-6-8(9)13-10/h3-7H2,1-2H3,(H,12,13). The van der Waals surface area contributed by atoms with E-state index < -0.39 is 0 Å². The predicted octanol–water partition coefficient (Wildman–Crippen LogP) is 1.09. The molecule has 1 N–H and O–H groups in total. The SMILES string of the molecule is CNc1nc2c(n(C)c1=O)CCCCC2. The first-order chi connectivity index (χ1) is 7.24. The first-order valence-corrected chi connectivity index (χ1v) is 5.50. The molecular weight excluding hydrogens is 190 g/mol. The van der Waals surface area contributed by atoms with E-state index in [1.54, 1.807) is 11.6 Å². The van der Waals surface area contributed by atoms with Crippen molar-refractivity contribution in [2.45, 2.75) is 32.1 Å². The second-order valence-corrected chi connectivity index (χ2v) is 4.03. The number of aryl methyl sites for hydroxylation is 1. The fraction of sp³-hybridized carbons (Fsp3) is 0.636. The van der Waals surface area contributed by atoms with E-state index in [0.29, 0.717) is 5.82 Å². The molecule has 1 aromatic heterocycles. The molecule has 0 aliphatic heterocycles. The van der Waals surface area contributed by atoms with E-state index in [0.717, 1.165) is 24.2 Å². The molecule has 0 saturated carbocycles. The Hall–Kier alpha value is -1.32. The Morgan fingerprint density at radius 3 is 2.73 bits per heavy atom. The van der Waals surface area contributed by atoms with Crippen LogP contribution in [0.1, 0.15) is 30.7 Å². The van der Waals surface area contributed by atoms with Gasteiger partial charge in [-0.05, 0) is 25.7 Å². The van der Waals surface area contributed by atoms with Crippen LogP contribution in [-0.2, 0) is 19.9 Å². The second kappa shape index (κ2) is 4.04. The molecule has 1 aliphatic carbocycles. The first kappa shape index (κ1) is 10.2. The summed E-state index contributed by atoms with van der Waals surface area (Å²) in [4.78, 5) is 16.2. The van der Waals surface area contributed by atoms with Crippen LogP contribution in [0.5, 0.6) is 0 Å². The minimum absolute atomic E-state index is 0.0156. The number of nitrogens with zero attached hydrogens (tertiary/aromatic N) is 2. The lowest BCUT2D eigenvalue weighted by molar-refractivity contribution is 0.691. The maximum absolute atomic E-state index is 11.8. The smallest absolute Gasteiger partial charge is 0.293 e. The summed E-state index contributed by atoms with van der Waals surface area (Å²) in [6.07, 6.45) is 5.57. The Bertz CT molecular complexity index is 423. The molecule has 15 heavy (non-hydrogen) atoms. The van der Waals surface area contributed by atoms with Gasteiger partial charge in [0.2, 0.25) is 0 Å². The van der Waals surface area contributed by atoms with Crippen LogP contribution in [0.4, 0.5) is 5.82 Å². The van der Waals surface area contributed by atoms with Gasteiger partial charge in [0.25, 0.3) is 5.56 Å². The van der Waals surface area contributed by atoms with E-state index in [1.165, 1.54) is 19.3 Å². The number of aromatic nitrogens is 2. The minimum Gasteiger partial charge on any atom is -0.369 e. The zero-order valence-corrected chi connectivity index (χ0v) is 9.34. The fourth-order valence-corrected chi connectivity index (χ4v) is 2.16. The number of anilines is 1. The van der Waals surface area contributed by atoms with Crippen LogP contribution < -0.4 is 10.9 Å². The molecule has 1 aliphatic rings. The number of rotatable bonds is 1. The van der Waals surface area contributed by atoms with Gasteiger partial charge in [0, 0.05) is 19.8 Å². The first-order valence-electron chi connectivity index (χ1n) is 5.50. The monoisotopic (exact) mass is 207 g/mol. The third-order valence-electron chi connectivity index (χ3n) is 3.06. The van der Waals surface area contributed by atoms with Crippen LogP contribution in [-0.4, -0.2) is 16.6 Å². The number of hydrogen-bond acceptors (Lipinski definition) is 3. The molecule has 0 radical (unpaired) electrons. The molecule has 0 aromatic carbocycles. The Morgan fingerprint density at radius 2 is 2.00 bits per heavy atom. The average Bonchev–Trinajstić information content (AvgIpc) is 2.48. The Morgan fingerprint density at radius 1 is 1.27 bits per heavy atom. The highest BCUT2D eigenvalue weighted by atomic mass is 16.1. The summed E-state index contributed by atoms with van der Waals surface area (Å²) < 4.78 is 1.75. The summed E-state index contributed by atoms with van der Waals surface area (Å²) >= 11 is 0. The molecule has 0 unspecified atom stereocenters. The maximum atomic E-state index is 11.8. The van der Waals surface area contributed by atoms with Crippen LogP contribution in [0.3, 0.4) is 0 Å². The lowest BCUT2D eigenvalue weighted by Crippen LogP contribution is -2.26. The van der Waals surface area contributed by atoms with E-state index in [9.17, 15) is 4.79 Å². The molecule has 1 heterocycles. The minimum atomic E-state index is -0.0156. The largest absolute Gasteiger partial charge is 0.369 e. The second-order valence-electron chi connectivity index (χ2n) is 4.03. The van der Waals surface area contributed by atoms with E-state index in [2.05, 4.69) is 10.3 Å². The molecule has 4 nitrogen and oxygen atoms in total. The molecule has 82 valence electrons. The Balaban J connectivity index is 2.58. The molecular formula is C11H17N3O. The van der Waals surface area contributed by atoms with Gasteiger partial charge in [-0.2, -0.15) is 0 Å². The highest BCUT2D eigenvalue weighted by molar-refractivity contribution is 5.34. The number of hydrogen-bond donors (Lipinski definition) is 1. The highest BCUT2D eigenvalue weighted by Crippen LogP contribution is 2.18. The van der Waals surface area contributed by atoms with Gasteiger partial charge in [-0.15, -0.1) is 0 Å². The maximum Gasteiger partial charge on any atom is 0.293 e. The van der Waals surface area contributed by atoms with Gasteiger partial charge < -0.3 is 9.88 Å². The average molecular weight is 207 g/mol. The molecule has 0 bridgehead atoms. The van der Waals surface area contributed by atoms with E-state index in [1.807, 2.05) is 7.05 Å². The van der Waals surface area contributed by atoms with Gasteiger partial charge in [0.1, 0.15) is 0 Å². The fourth-order valence-electron chi connectivity index (χ4n) is 2.16. The van der Waals surface area contributed by atoms with Gasteiger partial charge in [-0.1, -0.05) is 6.42 Å². The van der Waals surface area contributed by atoms with E-state index >= 15 is 0 Å². The van der Waals surface area contributed by atoms with Crippen molar-refractivity contribution < 1.29 is 0 Å². The third-order valence-corrected chi connectivity index (χ3v) is 3.06. The molecule has 0 spiro atoms.